The van der Waals surface area contributed by atoms with Crippen molar-refractivity contribution in [2.24, 2.45) is 11.8 Å². The highest BCUT2D eigenvalue weighted by Crippen LogP contribution is 2.31. The summed E-state index contributed by atoms with van der Waals surface area (Å²) < 4.78 is 13.6. The minimum absolute atomic E-state index is 0.115. The Kier molecular flexibility index (Phi) is 4.37. The summed E-state index contributed by atoms with van der Waals surface area (Å²) in [6.45, 7) is 1.80. The molecule has 20 heavy (non-hydrogen) atoms. The molecule has 4 nitrogen and oxygen atoms in total. The lowest BCUT2D eigenvalue weighted by atomic mass is 9.78. The minimum atomic E-state index is -0.949. The Morgan fingerprint density at radius 3 is 2.55 bits per heavy atom. The van der Waals surface area contributed by atoms with Gasteiger partial charge in [-0.3, -0.25) is 9.59 Å². The number of carbonyl (C=O) groups excluding carboxylic acids is 1. The Bertz CT molecular complexity index is 530. The lowest BCUT2D eigenvalue weighted by molar-refractivity contribution is -0.147. The van der Waals surface area contributed by atoms with E-state index in [1.54, 1.807) is 19.1 Å². The maximum Gasteiger partial charge on any atom is 0.307 e. The number of anilines is 1. The number of hydrogen-bond acceptors (Lipinski definition) is 2. The van der Waals surface area contributed by atoms with Crippen LogP contribution in [0.5, 0.6) is 0 Å². The van der Waals surface area contributed by atoms with Gasteiger partial charge in [-0.05, 0) is 37.5 Å². The third kappa shape index (κ3) is 3.15. The van der Waals surface area contributed by atoms with Gasteiger partial charge in [-0.2, -0.15) is 0 Å². The molecule has 0 radical (unpaired) electrons. The molecule has 2 rings (SSSR count). The number of carboxylic acid groups (broad SMARTS) is 1. The third-order valence-electron chi connectivity index (χ3n) is 3.80. The van der Waals surface area contributed by atoms with Gasteiger partial charge in [0.15, 0.2) is 0 Å². The fourth-order valence-electron chi connectivity index (χ4n) is 2.70. The molecule has 0 bridgehead atoms. The maximum atomic E-state index is 13.6. The van der Waals surface area contributed by atoms with Crippen LogP contribution >= 0.6 is 0 Å². The average Bonchev–Trinajstić information content (AvgIpc) is 2.42. The Hall–Kier alpha value is -1.91. The first-order valence-corrected chi connectivity index (χ1v) is 6.79. The molecule has 108 valence electrons. The number of rotatable bonds is 3. The van der Waals surface area contributed by atoms with Crippen LogP contribution in [-0.2, 0) is 9.59 Å². The topological polar surface area (TPSA) is 66.4 Å². The van der Waals surface area contributed by atoms with E-state index in [9.17, 15) is 14.0 Å². The van der Waals surface area contributed by atoms with E-state index in [0.717, 1.165) is 18.4 Å². The molecule has 0 aliphatic heterocycles. The molecule has 0 unspecified atom stereocenters. The smallest absolute Gasteiger partial charge is 0.307 e. The highest BCUT2D eigenvalue weighted by Gasteiger charge is 2.35. The molecule has 0 heterocycles. The van der Waals surface area contributed by atoms with Crippen molar-refractivity contribution in [1.82, 2.24) is 0 Å². The first-order valence-electron chi connectivity index (χ1n) is 6.79. The zero-order chi connectivity index (χ0) is 14.7. The summed E-state index contributed by atoms with van der Waals surface area (Å²) in [6, 6.07) is 4.46. The molecular weight excluding hydrogens is 261 g/mol. The van der Waals surface area contributed by atoms with E-state index in [-0.39, 0.29) is 5.69 Å². The summed E-state index contributed by atoms with van der Waals surface area (Å²) in [5, 5.41) is 11.7. The number of benzene rings is 1. The molecule has 5 heteroatoms. The number of nitrogens with one attached hydrogen (secondary N) is 1. The molecule has 1 aliphatic rings. The summed E-state index contributed by atoms with van der Waals surface area (Å²) >= 11 is 0. The van der Waals surface area contributed by atoms with Gasteiger partial charge in [0.05, 0.1) is 17.5 Å². The van der Waals surface area contributed by atoms with Gasteiger partial charge in [0.1, 0.15) is 5.82 Å². The zero-order valence-electron chi connectivity index (χ0n) is 11.4. The lowest BCUT2D eigenvalue weighted by Crippen LogP contribution is -2.36. The Balaban J connectivity index is 2.14. The van der Waals surface area contributed by atoms with Gasteiger partial charge in [-0.15, -0.1) is 0 Å². The van der Waals surface area contributed by atoms with E-state index in [4.69, 9.17) is 5.11 Å². The second-order valence-corrected chi connectivity index (χ2v) is 5.31. The maximum absolute atomic E-state index is 13.6. The van der Waals surface area contributed by atoms with Crippen LogP contribution in [0.25, 0.3) is 0 Å². The van der Waals surface area contributed by atoms with Crippen LogP contribution in [0, 0.1) is 24.6 Å². The van der Waals surface area contributed by atoms with Crippen LogP contribution < -0.4 is 5.32 Å². The number of amides is 1. The molecule has 2 N–H and O–H groups in total. The minimum Gasteiger partial charge on any atom is -0.481 e. The van der Waals surface area contributed by atoms with Crippen LogP contribution in [0.3, 0.4) is 0 Å². The van der Waals surface area contributed by atoms with Crippen molar-refractivity contribution < 1.29 is 19.1 Å². The van der Waals surface area contributed by atoms with Gasteiger partial charge in [-0.25, -0.2) is 4.39 Å². The molecule has 1 saturated carbocycles. The van der Waals surface area contributed by atoms with E-state index >= 15 is 0 Å². The second kappa shape index (κ2) is 6.03. The summed E-state index contributed by atoms with van der Waals surface area (Å²) in [5.41, 5.74) is 0.949. The highest BCUT2D eigenvalue weighted by atomic mass is 19.1. The SMILES string of the molecule is Cc1ccc(F)c(NC(=O)[C@H]2CCCC[C@H]2C(=O)O)c1. The van der Waals surface area contributed by atoms with Crippen molar-refractivity contribution in [2.45, 2.75) is 32.6 Å². The first-order chi connectivity index (χ1) is 9.49. The molecule has 0 saturated heterocycles. The normalized spacial score (nSPS) is 22.3. The van der Waals surface area contributed by atoms with E-state index in [1.165, 1.54) is 6.07 Å². The van der Waals surface area contributed by atoms with Crippen molar-refractivity contribution in [3.05, 3.63) is 29.6 Å². The van der Waals surface area contributed by atoms with Crippen LogP contribution in [0.15, 0.2) is 18.2 Å². The van der Waals surface area contributed by atoms with Gasteiger partial charge in [0.25, 0.3) is 0 Å². The van der Waals surface area contributed by atoms with Gasteiger partial charge in [-0.1, -0.05) is 18.9 Å². The molecule has 2 atom stereocenters. The fourth-order valence-corrected chi connectivity index (χ4v) is 2.70. The Morgan fingerprint density at radius 2 is 1.90 bits per heavy atom. The van der Waals surface area contributed by atoms with Crippen molar-refractivity contribution in [2.75, 3.05) is 5.32 Å². The highest BCUT2D eigenvalue weighted by molar-refractivity contribution is 5.95. The zero-order valence-corrected chi connectivity index (χ0v) is 11.4. The van der Waals surface area contributed by atoms with Gasteiger partial charge >= 0.3 is 5.97 Å². The summed E-state index contributed by atoms with van der Waals surface area (Å²) in [4.78, 5) is 23.4. The molecule has 1 aliphatic carbocycles. The molecule has 1 aromatic carbocycles. The van der Waals surface area contributed by atoms with Gasteiger partial charge < -0.3 is 10.4 Å². The van der Waals surface area contributed by atoms with Crippen molar-refractivity contribution in [3.63, 3.8) is 0 Å². The Labute approximate surface area is 117 Å². The van der Waals surface area contributed by atoms with E-state index in [2.05, 4.69) is 5.32 Å². The molecule has 1 aromatic rings. The van der Waals surface area contributed by atoms with Crippen molar-refractivity contribution >= 4 is 17.6 Å². The lowest BCUT2D eigenvalue weighted by Gasteiger charge is -2.27. The molecule has 0 aromatic heterocycles. The fraction of sp³-hybridized carbons (Fsp3) is 0.467. The van der Waals surface area contributed by atoms with Crippen molar-refractivity contribution in [3.8, 4) is 0 Å². The number of hydrogen-bond donors (Lipinski definition) is 2. The Morgan fingerprint density at radius 1 is 1.25 bits per heavy atom. The molecule has 1 amide bonds. The van der Waals surface area contributed by atoms with E-state index in [0.29, 0.717) is 12.8 Å². The van der Waals surface area contributed by atoms with Crippen LogP contribution in [0.1, 0.15) is 31.2 Å². The first kappa shape index (κ1) is 14.5. The molecular formula is C15H18FNO3. The number of aryl methyl sites for hydroxylation is 1. The predicted molar refractivity (Wildman–Crippen MR) is 72.9 cm³/mol. The number of halogens is 1. The monoisotopic (exact) mass is 279 g/mol. The van der Waals surface area contributed by atoms with Crippen LogP contribution in [-0.4, -0.2) is 17.0 Å². The largest absolute Gasteiger partial charge is 0.481 e. The molecule has 1 fully saturated rings. The summed E-state index contributed by atoms with van der Waals surface area (Å²) in [6.07, 6.45) is 2.69. The van der Waals surface area contributed by atoms with Crippen LogP contribution in [0.2, 0.25) is 0 Å². The van der Waals surface area contributed by atoms with Crippen molar-refractivity contribution in [1.29, 1.82) is 0 Å². The molecule has 0 spiro atoms. The summed E-state index contributed by atoms with van der Waals surface area (Å²) in [5.74, 6) is -3.11. The van der Waals surface area contributed by atoms with Gasteiger partial charge in [0.2, 0.25) is 5.91 Å². The number of aliphatic carboxylic acids is 1. The van der Waals surface area contributed by atoms with E-state index in [1.807, 2.05) is 0 Å². The predicted octanol–water partition coefficient (Wildman–Crippen LogP) is 2.96. The third-order valence-corrected chi connectivity index (χ3v) is 3.80. The number of carboxylic acids is 1. The van der Waals surface area contributed by atoms with E-state index < -0.39 is 29.5 Å². The summed E-state index contributed by atoms with van der Waals surface area (Å²) in [7, 11) is 0. The number of carbonyl (C=O) groups is 2. The van der Waals surface area contributed by atoms with Crippen LogP contribution in [0.4, 0.5) is 10.1 Å². The standard InChI is InChI=1S/C15H18FNO3/c1-9-6-7-12(16)13(8-9)17-14(18)10-4-2-3-5-11(10)15(19)20/h6-8,10-11H,2-5H2,1H3,(H,17,18)(H,19,20)/t10-,11+/m0/s1. The van der Waals surface area contributed by atoms with Gasteiger partial charge in [0, 0.05) is 0 Å². The second-order valence-electron chi connectivity index (χ2n) is 5.31. The quantitative estimate of drug-likeness (QED) is 0.894. The average molecular weight is 279 g/mol.